The third-order valence-corrected chi connectivity index (χ3v) is 2.07. The van der Waals surface area contributed by atoms with Crippen LogP contribution >= 0.6 is 0 Å². The molecule has 0 aliphatic rings. The fourth-order valence-electron chi connectivity index (χ4n) is 1.09. The summed E-state index contributed by atoms with van der Waals surface area (Å²) < 4.78 is 5.46. The summed E-state index contributed by atoms with van der Waals surface area (Å²) in [5, 5.41) is 3.27. The summed E-state index contributed by atoms with van der Waals surface area (Å²) in [5.74, 6) is 0.601. The van der Waals surface area contributed by atoms with Gasteiger partial charge in [-0.05, 0) is 13.8 Å². The van der Waals surface area contributed by atoms with Gasteiger partial charge in [-0.3, -0.25) is 4.98 Å². The molecule has 0 saturated heterocycles. The quantitative estimate of drug-likeness (QED) is 0.746. The van der Waals surface area contributed by atoms with Crippen molar-refractivity contribution in [2.45, 2.75) is 33.7 Å². The molecule has 0 aliphatic carbocycles. The first kappa shape index (κ1) is 11.9. The number of aromatic nitrogens is 2. The zero-order valence-electron chi connectivity index (χ0n) is 9.87. The number of nitrogens with zero attached hydrogens (tertiary/aromatic N) is 2. The minimum atomic E-state index is 0.486. The van der Waals surface area contributed by atoms with Gasteiger partial charge in [0.05, 0.1) is 17.6 Å². The minimum Gasteiger partial charge on any atom is -0.475 e. The lowest BCUT2D eigenvalue weighted by atomic mass is 10.3. The first-order valence-corrected chi connectivity index (χ1v) is 5.26. The predicted molar refractivity (Wildman–Crippen MR) is 60.1 cm³/mol. The Bertz CT molecular complexity index is 313. The van der Waals surface area contributed by atoms with E-state index in [1.807, 2.05) is 13.8 Å². The summed E-state index contributed by atoms with van der Waals surface area (Å²) in [4.78, 5) is 8.46. The second kappa shape index (κ2) is 5.66. The molecule has 4 nitrogen and oxygen atoms in total. The van der Waals surface area contributed by atoms with E-state index >= 15 is 0 Å². The molecule has 0 spiro atoms. The number of ether oxygens (including phenoxy) is 1. The lowest BCUT2D eigenvalue weighted by Gasteiger charge is -2.09. The first-order valence-electron chi connectivity index (χ1n) is 5.26. The van der Waals surface area contributed by atoms with Crippen molar-refractivity contribution < 1.29 is 4.74 Å². The van der Waals surface area contributed by atoms with E-state index in [9.17, 15) is 0 Å². The van der Waals surface area contributed by atoms with Gasteiger partial charge in [0.2, 0.25) is 5.88 Å². The van der Waals surface area contributed by atoms with Crippen LogP contribution in [0.25, 0.3) is 0 Å². The van der Waals surface area contributed by atoms with Crippen LogP contribution in [-0.2, 0) is 0 Å². The topological polar surface area (TPSA) is 47.0 Å². The van der Waals surface area contributed by atoms with E-state index < -0.39 is 0 Å². The zero-order chi connectivity index (χ0) is 11.3. The van der Waals surface area contributed by atoms with E-state index in [0.717, 1.165) is 17.9 Å². The number of nitrogens with one attached hydrogen (secondary N) is 1. The molecule has 1 heterocycles. The van der Waals surface area contributed by atoms with E-state index in [4.69, 9.17) is 4.74 Å². The van der Waals surface area contributed by atoms with Gasteiger partial charge in [0, 0.05) is 12.6 Å². The predicted octanol–water partition coefficient (Wildman–Crippen LogP) is 1.47. The van der Waals surface area contributed by atoms with Crippen LogP contribution in [0.5, 0.6) is 5.88 Å². The molecule has 0 radical (unpaired) electrons. The zero-order valence-corrected chi connectivity index (χ0v) is 9.87. The Labute approximate surface area is 91.1 Å². The molecule has 0 saturated carbocycles. The highest BCUT2D eigenvalue weighted by Crippen LogP contribution is 2.07. The summed E-state index contributed by atoms with van der Waals surface area (Å²) in [6.45, 7) is 9.53. The fraction of sp³-hybridized carbons (Fsp3) is 0.636. The average Bonchev–Trinajstić information content (AvgIpc) is 2.18. The number of rotatable bonds is 5. The Kier molecular flexibility index (Phi) is 4.49. The fourth-order valence-corrected chi connectivity index (χ4v) is 1.09. The van der Waals surface area contributed by atoms with Crippen LogP contribution in [0, 0.1) is 13.8 Å². The molecule has 0 fully saturated rings. The molecule has 0 aliphatic heterocycles. The Morgan fingerprint density at radius 1 is 1.33 bits per heavy atom. The maximum atomic E-state index is 5.46. The Morgan fingerprint density at radius 3 is 2.67 bits per heavy atom. The number of hydrogen-bond donors (Lipinski definition) is 1. The number of hydrogen-bond acceptors (Lipinski definition) is 4. The summed E-state index contributed by atoms with van der Waals surface area (Å²) in [7, 11) is 0. The largest absolute Gasteiger partial charge is 0.475 e. The molecule has 1 rings (SSSR count). The van der Waals surface area contributed by atoms with Crippen LogP contribution in [0.15, 0.2) is 6.20 Å². The lowest BCUT2D eigenvalue weighted by molar-refractivity contribution is 0.296. The SMILES string of the molecule is Cc1ncc(OCCNC(C)C)nc1C. The number of aryl methyl sites for hydroxylation is 2. The van der Waals surface area contributed by atoms with E-state index in [0.29, 0.717) is 18.5 Å². The van der Waals surface area contributed by atoms with Crippen molar-refractivity contribution in [3.8, 4) is 5.88 Å². The molecule has 15 heavy (non-hydrogen) atoms. The third-order valence-electron chi connectivity index (χ3n) is 2.07. The maximum absolute atomic E-state index is 5.46. The summed E-state index contributed by atoms with van der Waals surface area (Å²) in [6.07, 6.45) is 1.66. The molecule has 4 heteroatoms. The van der Waals surface area contributed by atoms with E-state index in [1.165, 1.54) is 0 Å². The van der Waals surface area contributed by atoms with Crippen LogP contribution in [0.3, 0.4) is 0 Å². The molecule has 0 atom stereocenters. The van der Waals surface area contributed by atoms with Gasteiger partial charge in [0.1, 0.15) is 6.61 Å². The smallest absolute Gasteiger partial charge is 0.232 e. The molecular weight excluding hydrogens is 190 g/mol. The summed E-state index contributed by atoms with van der Waals surface area (Å²) >= 11 is 0. The van der Waals surface area contributed by atoms with Crippen LogP contribution in [-0.4, -0.2) is 29.2 Å². The van der Waals surface area contributed by atoms with Crippen molar-refractivity contribution in [3.63, 3.8) is 0 Å². The van der Waals surface area contributed by atoms with Crippen molar-refractivity contribution in [1.29, 1.82) is 0 Å². The van der Waals surface area contributed by atoms with Crippen LogP contribution in [0.1, 0.15) is 25.2 Å². The Hall–Kier alpha value is -1.16. The highest BCUT2D eigenvalue weighted by Gasteiger charge is 2.00. The van der Waals surface area contributed by atoms with Gasteiger partial charge < -0.3 is 10.1 Å². The van der Waals surface area contributed by atoms with Crippen molar-refractivity contribution in [2.24, 2.45) is 0 Å². The second-order valence-electron chi connectivity index (χ2n) is 3.84. The third kappa shape index (κ3) is 4.25. The second-order valence-corrected chi connectivity index (χ2v) is 3.84. The molecule has 84 valence electrons. The normalized spacial score (nSPS) is 10.7. The standard InChI is InChI=1S/C11H19N3O/c1-8(2)12-5-6-15-11-7-13-9(3)10(4)14-11/h7-8,12H,5-6H2,1-4H3. The van der Waals surface area contributed by atoms with Gasteiger partial charge in [0.25, 0.3) is 0 Å². The van der Waals surface area contributed by atoms with Crippen molar-refractivity contribution in [1.82, 2.24) is 15.3 Å². The van der Waals surface area contributed by atoms with E-state index in [2.05, 4.69) is 29.1 Å². The average molecular weight is 209 g/mol. The van der Waals surface area contributed by atoms with Crippen LogP contribution in [0.2, 0.25) is 0 Å². The molecule has 0 aromatic carbocycles. The van der Waals surface area contributed by atoms with Crippen LogP contribution in [0.4, 0.5) is 0 Å². The minimum absolute atomic E-state index is 0.486. The molecule has 1 N–H and O–H groups in total. The van der Waals surface area contributed by atoms with E-state index in [1.54, 1.807) is 6.20 Å². The summed E-state index contributed by atoms with van der Waals surface area (Å²) in [5.41, 5.74) is 1.87. The molecule has 0 amide bonds. The Balaban J connectivity index is 2.35. The monoisotopic (exact) mass is 209 g/mol. The molecule has 1 aromatic heterocycles. The molecular formula is C11H19N3O. The van der Waals surface area contributed by atoms with E-state index in [-0.39, 0.29) is 0 Å². The summed E-state index contributed by atoms with van der Waals surface area (Å²) in [6, 6.07) is 0.486. The van der Waals surface area contributed by atoms with Gasteiger partial charge in [-0.2, -0.15) is 0 Å². The van der Waals surface area contributed by atoms with Gasteiger partial charge >= 0.3 is 0 Å². The van der Waals surface area contributed by atoms with Crippen molar-refractivity contribution in [3.05, 3.63) is 17.6 Å². The lowest BCUT2D eigenvalue weighted by Crippen LogP contribution is -2.27. The molecule has 1 aromatic rings. The Morgan fingerprint density at radius 2 is 2.07 bits per heavy atom. The highest BCUT2D eigenvalue weighted by molar-refractivity contribution is 5.14. The van der Waals surface area contributed by atoms with Gasteiger partial charge in [-0.1, -0.05) is 13.8 Å². The van der Waals surface area contributed by atoms with Gasteiger partial charge in [0.15, 0.2) is 0 Å². The van der Waals surface area contributed by atoms with Crippen LogP contribution < -0.4 is 10.1 Å². The van der Waals surface area contributed by atoms with Gasteiger partial charge in [-0.25, -0.2) is 4.98 Å². The van der Waals surface area contributed by atoms with Crippen molar-refractivity contribution in [2.75, 3.05) is 13.2 Å². The molecule has 0 unspecified atom stereocenters. The van der Waals surface area contributed by atoms with Crippen molar-refractivity contribution >= 4 is 0 Å². The maximum Gasteiger partial charge on any atom is 0.232 e. The highest BCUT2D eigenvalue weighted by atomic mass is 16.5. The van der Waals surface area contributed by atoms with Gasteiger partial charge in [-0.15, -0.1) is 0 Å². The molecule has 0 bridgehead atoms. The first-order chi connectivity index (χ1) is 7.09.